The molecule has 1 fully saturated rings. The lowest BCUT2D eigenvalue weighted by Crippen LogP contribution is -2.57. The second kappa shape index (κ2) is 7.56. The van der Waals surface area contributed by atoms with Crippen molar-refractivity contribution in [3.63, 3.8) is 0 Å². The molecule has 116 valence electrons. The summed E-state index contributed by atoms with van der Waals surface area (Å²) in [6.07, 6.45) is 0. The Balaban J connectivity index is 2.44. The summed E-state index contributed by atoms with van der Waals surface area (Å²) in [5.41, 5.74) is 5.32. The Morgan fingerprint density at radius 2 is 2.00 bits per heavy atom. The highest BCUT2D eigenvalue weighted by Gasteiger charge is 2.30. The maximum absolute atomic E-state index is 11.8. The molecule has 1 aliphatic rings. The van der Waals surface area contributed by atoms with Crippen molar-refractivity contribution in [2.45, 2.75) is 32.4 Å². The van der Waals surface area contributed by atoms with Crippen LogP contribution in [0.3, 0.4) is 0 Å². The van der Waals surface area contributed by atoms with Gasteiger partial charge in [-0.25, -0.2) is 4.79 Å². The molecule has 3 N–H and O–H groups in total. The summed E-state index contributed by atoms with van der Waals surface area (Å²) < 4.78 is 10.0. The Morgan fingerprint density at radius 1 is 1.40 bits per heavy atom. The van der Waals surface area contributed by atoms with E-state index in [0.717, 1.165) is 13.1 Å². The molecule has 1 heterocycles. The van der Waals surface area contributed by atoms with Gasteiger partial charge in [0, 0.05) is 25.2 Å². The Kier molecular flexibility index (Phi) is 6.38. The third-order valence-corrected chi connectivity index (χ3v) is 3.39. The molecule has 20 heavy (non-hydrogen) atoms. The van der Waals surface area contributed by atoms with Crippen LogP contribution in [0.5, 0.6) is 0 Å². The standard InChI is InChI=1S/C13H25N3O4/c1-4-20-12(18)10(14)11(17)15-9-13(2,3)16-5-7-19-8-6-16/h10H,4-9,14H2,1-3H3,(H,15,17). The summed E-state index contributed by atoms with van der Waals surface area (Å²) in [6, 6.07) is -1.27. The molecule has 0 radical (unpaired) electrons. The van der Waals surface area contributed by atoms with Gasteiger partial charge >= 0.3 is 5.97 Å². The number of esters is 1. The van der Waals surface area contributed by atoms with Crippen molar-refractivity contribution in [2.24, 2.45) is 5.73 Å². The minimum absolute atomic E-state index is 0.207. The van der Waals surface area contributed by atoms with Crippen LogP contribution >= 0.6 is 0 Å². The first-order valence-corrected chi connectivity index (χ1v) is 6.91. The van der Waals surface area contributed by atoms with Crippen LogP contribution < -0.4 is 11.1 Å². The molecule has 1 amide bonds. The Bertz CT molecular complexity index is 341. The molecular weight excluding hydrogens is 262 g/mol. The van der Waals surface area contributed by atoms with Gasteiger partial charge in [-0.3, -0.25) is 9.69 Å². The van der Waals surface area contributed by atoms with E-state index in [1.807, 2.05) is 13.8 Å². The van der Waals surface area contributed by atoms with Crippen molar-refractivity contribution in [1.29, 1.82) is 0 Å². The smallest absolute Gasteiger partial charge is 0.332 e. The molecule has 0 saturated carbocycles. The number of nitrogens with zero attached hydrogens (tertiary/aromatic N) is 1. The molecule has 1 saturated heterocycles. The van der Waals surface area contributed by atoms with Gasteiger partial charge < -0.3 is 20.5 Å². The van der Waals surface area contributed by atoms with E-state index >= 15 is 0 Å². The van der Waals surface area contributed by atoms with Crippen molar-refractivity contribution in [1.82, 2.24) is 10.2 Å². The van der Waals surface area contributed by atoms with E-state index in [1.54, 1.807) is 6.92 Å². The monoisotopic (exact) mass is 287 g/mol. The number of nitrogens with one attached hydrogen (secondary N) is 1. The lowest BCUT2D eigenvalue weighted by Gasteiger charge is -2.40. The quantitative estimate of drug-likeness (QED) is 0.486. The SMILES string of the molecule is CCOC(=O)C(N)C(=O)NCC(C)(C)N1CCOCC1. The molecule has 1 aliphatic heterocycles. The van der Waals surface area contributed by atoms with Crippen LogP contribution in [0.2, 0.25) is 0 Å². The fourth-order valence-corrected chi connectivity index (χ4v) is 2.03. The molecule has 1 rings (SSSR count). The number of hydrogen-bond acceptors (Lipinski definition) is 6. The minimum atomic E-state index is -1.27. The summed E-state index contributed by atoms with van der Waals surface area (Å²) in [6.45, 7) is 9.41. The van der Waals surface area contributed by atoms with Crippen LogP contribution in [0.15, 0.2) is 0 Å². The van der Waals surface area contributed by atoms with Gasteiger partial charge in [-0.1, -0.05) is 0 Å². The number of nitrogens with two attached hydrogens (primary N) is 1. The van der Waals surface area contributed by atoms with Crippen LogP contribution in [0.1, 0.15) is 20.8 Å². The summed E-state index contributed by atoms with van der Waals surface area (Å²) >= 11 is 0. The highest BCUT2D eigenvalue weighted by molar-refractivity contribution is 6.01. The van der Waals surface area contributed by atoms with Gasteiger partial charge in [0.25, 0.3) is 0 Å². The van der Waals surface area contributed by atoms with Crippen LogP contribution in [0.25, 0.3) is 0 Å². The van der Waals surface area contributed by atoms with E-state index in [-0.39, 0.29) is 12.1 Å². The lowest BCUT2D eigenvalue weighted by molar-refractivity contribution is -0.148. The summed E-state index contributed by atoms with van der Waals surface area (Å²) in [7, 11) is 0. The van der Waals surface area contributed by atoms with Gasteiger partial charge in [0.1, 0.15) is 0 Å². The Hall–Kier alpha value is -1.18. The molecule has 7 heteroatoms. The number of carbonyl (C=O) groups is 2. The highest BCUT2D eigenvalue weighted by Crippen LogP contribution is 2.15. The molecular formula is C13H25N3O4. The molecule has 0 bridgehead atoms. The Morgan fingerprint density at radius 3 is 2.55 bits per heavy atom. The van der Waals surface area contributed by atoms with Gasteiger partial charge in [0.2, 0.25) is 5.91 Å². The second-order valence-electron chi connectivity index (χ2n) is 5.36. The van der Waals surface area contributed by atoms with Gasteiger partial charge in [-0.2, -0.15) is 0 Å². The van der Waals surface area contributed by atoms with Crippen molar-refractivity contribution in [3.05, 3.63) is 0 Å². The van der Waals surface area contributed by atoms with Gasteiger partial charge in [-0.15, -0.1) is 0 Å². The lowest BCUT2D eigenvalue weighted by atomic mass is 10.0. The molecule has 0 aromatic rings. The number of ether oxygens (including phenoxy) is 2. The van der Waals surface area contributed by atoms with Crippen LogP contribution in [-0.4, -0.2) is 67.8 Å². The first kappa shape index (κ1) is 16.9. The topological polar surface area (TPSA) is 93.9 Å². The van der Waals surface area contributed by atoms with Crippen molar-refractivity contribution < 1.29 is 19.1 Å². The fourth-order valence-electron chi connectivity index (χ4n) is 2.03. The van der Waals surface area contributed by atoms with E-state index in [9.17, 15) is 9.59 Å². The minimum Gasteiger partial charge on any atom is -0.464 e. The van der Waals surface area contributed by atoms with E-state index in [1.165, 1.54) is 0 Å². The van der Waals surface area contributed by atoms with Crippen molar-refractivity contribution >= 4 is 11.9 Å². The third kappa shape index (κ3) is 4.73. The molecule has 1 atom stereocenters. The maximum Gasteiger partial charge on any atom is 0.332 e. The highest BCUT2D eigenvalue weighted by atomic mass is 16.5. The largest absolute Gasteiger partial charge is 0.464 e. The summed E-state index contributed by atoms with van der Waals surface area (Å²) in [5, 5.41) is 2.71. The summed E-state index contributed by atoms with van der Waals surface area (Å²) in [5.74, 6) is -1.21. The van der Waals surface area contributed by atoms with Gasteiger partial charge in [0.05, 0.1) is 19.8 Å². The average Bonchev–Trinajstić information content (AvgIpc) is 2.45. The number of hydrogen-bond donors (Lipinski definition) is 2. The van der Waals surface area contributed by atoms with E-state index < -0.39 is 17.9 Å². The zero-order chi connectivity index (χ0) is 15.2. The molecule has 7 nitrogen and oxygen atoms in total. The number of morpholine rings is 1. The maximum atomic E-state index is 11.8. The number of amides is 1. The first-order valence-electron chi connectivity index (χ1n) is 6.91. The second-order valence-corrected chi connectivity index (χ2v) is 5.36. The van der Waals surface area contributed by atoms with Crippen molar-refractivity contribution in [2.75, 3.05) is 39.5 Å². The zero-order valence-electron chi connectivity index (χ0n) is 12.5. The Labute approximate surface area is 119 Å². The normalized spacial score (nSPS) is 18.4. The molecule has 0 spiro atoms. The van der Waals surface area contributed by atoms with Crippen molar-refractivity contribution in [3.8, 4) is 0 Å². The molecule has 0 aromatic carbocycles. The van der Waals surface area contributed by atoms with Gasteiger partial charge in [-0.05, 0) is 20.8 Å². The van der Waals surface area contributed by atoms with Crippen LogP contribution in [-0.2, 0) is 19.1 Å². The van der Waals surface area contributed by atoms with E-state index in [2.05, 4.69) is 10.2 Å². The summed E-state index contributed by atoms with van der Waals surface area (Å²) in [4.78, 5) is 25.4. The third-order valence-electron chi connectivity index (χ3n) is 3.39. The number of rotatable bonds is 6. The predicted molar refractivity (Wildman–Crippen MR) is 74.1 cm³/mol. The average molecular weight is 287 g/mol. The van der Waals surface area contributed by atoms with Crippen LogP contribution in [0, 0.1) is 0 Å². The van der Waals surface area contributed by atoms with E-state index in [0.29, 0.717) is 19.8 Å². The van der Waals surface area contributed by atoms with Crippen LogP contribution in [0.4, 0.5) is 0 Å². The first-order chi connectivity index (χ1) is 9.38. The molecule has 0 aromatic heterocycles. The molecule has 0 aliphatic carbocycles. The van der Waals surface area contributed by atoms with E-state index in [4.69, 9.17) is 15.2 Å². The fraction of sp³-hybridized carbons (Fsp3) is 0.846. The predicted octanol–water partition coefficient (Wildman–Crippen LogP) is -0.896. The van der Waals surface area contributed by atoms with Gasteiger partial charge in [0.15, 0.2) is 6.04 Å². The molecule has 1 unspecified atom stereocenters. The zero-order valence-corrected chi connectivity index (χ0v) is 12.5. The number of carbonyl (C=O) groups excluding carboxylic acids is 2.